The summed E-state index contributed by atoms with van der Waals surface area (Å²) in [4.78, 5) is 16.4. The van der Waals surface area contributed by atoms with Crippen LogP contribution in [0.5, 0.6) is 0 Å². The third-order valence-electron chi connectivity index (χ3n) is 3.81. The summed E-state index contributed by atoms with van der Waals surface area (Å²) in [6.45, 7) is -0.488. The number of carboxylic acids is 1. The van der Waals surface area contributed by atoms with Crippen molar-refractivity contribution in [3.63, 3.8) is 0 Å². The molecular weight excluding hydrogens is 330 g/mol. The number of halogens is 3. The smallest absolute Gasteiger partial charge is 0.312 e. The van der Waals surface area contributed by atoms with E-state index in [2.05, 4.69) is 10.1 Å². The summed E-state index contributed by atoms with van der Waals surface area (Å²) < 4.78 is 29.7. The molecular formula is C14H13ClF2N4O2. The number of pyridine rings is 1. The van der Waals surface area contributed by atoms with Crippen LogP contribution in [-0.4, -0.2) is 44.9 Å². The van der Waals surface area contributed by atoms with E-state index in [4.69, 9.17) is 16.7 Å². The number of hydrogen-bond donors (Lipinski definition) is 1. The van der Waals surface area contributed by atoms with Crippen LogP contribution in [0.15, 0.2) is 30.9 Å². The lowest BCUT2D eigenvalue weighted by Gasteiger charge is -2.38. The van der Waals surface area contributed by atoms with Gasteiger partial charge in [0.2, 0.25) is 0 Å². The van der Waals surface area contributed by atoms with Crippen molar-refractivity contribution in [1.29, 1.82) is 0 Å². The topological polar surface area (TPSA) is 71.2 Å². The molecule has 0 bridgehead atoms. The van der Waals surface area contributed by atoms with Gasteiger partial charge < -0.3 is 10.0 Å². The standard InChI is InChI=1S/C14H13ClF2N4O2/c15-9-5-19-21(7-9)11-1-3-18-6-12(11)20-4-2-10(13(22)23)14(16,17)8-20/h1,3,5-7,10H,2,4,8H2,(H,22,23). The first-order chi connectivity index (χ1) is 10.9. The molecule has 3 heterocycles. The Labute approximate surface area is 135 Å². The molecule has 1 fully saturated rings. The van der Waals surface area contributed by atoms with E-state index >= 15 is 0 Å². The van der Waals surface area contributed by atoms with Gasteiger partial charge in [-0.3, -0.25) is 9.78 Å². The van der Waals surface area contributed by atoms with Crippen molar-refractivity contribution in [2.75, 3.05) is 18.0 Å². The number of carboxylic acid groups (broad SMARTS) is 1. The summed E-state index contributed by atoms with van der Waals surface area (Å²) in [6.07, 6.45) is 5.84. The first-order valence-electron chi connectivity index (χ1n) is 6.88. The van der Waals surface area contributed by atoms with Crippen molar-refractivity contribution in [2.45, 2.75) is 12.3 Å². The summed E-state index contributed by atoms with van der Waals surface area (Å²) in [7, 11) is 0. The monoisotopic (exact) mass is 342 g/mol. The maximum absolute atomic E-state index is 14.1. The molecule has 2 aromatic rings. The highest BCUT2D eigenvalue weighted by molar-refractivity contribution is 6.30. The van der Waals surface area contributed by atoms with Crippen molar-refractivity contribution in [3.8, 4) is 5.69 Å². The fraction of sp³-hybridized carbons (Fsp3) is 0.357. The molecule has 0 aliphatic carbocycles. The second kappa shape index (κ2) is 5.77. The summed E-state index contributed by atoms with van der Waals surface area (Å²) in [6, 6.07) is 1.64. The number of nitrogens with zero attached hydrogens (tertiary/aromatic N) is 4. The van der Waals surface area contributed by atoms with Gasteiger partial charge in [0.15, 0.2) is 0 Å². The second-order valence-electron chi connectivity index (χ2n) is 5.33. The molecule has 9 heteroatoms. The van der Waals surface area contributed by atoms with Gasteiger partial charge in [-0.25, -0.2) is 13.5 Å². The van der Waals surface area contributed by atoms with Gasteiger partial charge in [0, 0.05) is 18.9 Å². The highest BCUT2D eigenvalue weighted by Gasteiger charge is 2.49. The van der Waals surface area contributed by atoms with Gasteiger partial charge in [-0.15, -0.1) is 0 Å². The second-order valence-corrected chi connectivity index (χ2v) is 5.77. The number of carbonyl (C=O) groups is 1. The number of aliphatic carboxylic acids is 1. The predicted molar refractivity (Wildman–Crippen MR) is 79.3 cm³/mol. The van der Waals surface area contributed by atoms with E-state index in [1.165, 1.54) is 28.2 Å². The van der Waals surface area contributed by atoms with E-state index < -0.39 is 24.4 Å². The predicted octanol–water partition coefficient (Wildman–Crippen LogP) is 2.47. The third kappa shape index (κ3) is 2.98. The SMILES string of the molecule is O=C(O)C1CCN(c2cnccc2-n2cc(Cl)cn2)CC1(F)F. The van der Waals surface area contributed by atoms with Gasteiger partial charge in [0.05, 0.1) is 35.3 Å². The van der Waals surface area contributed by atoms with E-state index in [0.29, 0.717) is 16.4 Å². The molecule has 1 aliphatic rings. The van der Waals surface area contributed by atoms with E-state index in [1.807, 2.05) is 0 Å². The fourth-order valence-electron chi connectivity index (χ4n) is 2.70. The maximum Gasteiger partial charge on any atom is 0.312 e. The Morgan fingerprint density at radius 2 is 2.17 bits per heavy atom. The zero-order valence-electron chi connectivity index (χ0n) is 11.9. The quantitative estimate of drug-likeness (QED) is 0.927. The average Bonchev–Trinajstić information content (AvgIpc) is 2.92. The van der Waals surface area contributed by atoms with Crippen molar-refractivity contribution in [1.82, 2.24) is 14.8 Å². The van der Waals surface area contributed by atoms with Gasteiger partial charge in [0.1, 0.15) is 5.92 Å². The molecule has 0 spiro atoms. The molecule has 0 amide bonds. The Bertz CT molecular complexity index is 737. The first kappa shape index (κ1) is 15.7. The third-order valence-corrected chi connectivity index (χ3v) is 4.01. The number of anilines is 1. The fourth-order valence-corrected chi connectivity index (χ4v) is 2.83. The van der Waals surface area contributed by atoms with Crippen molar-refractivity contribution >= 4 is 23.3 Å². The average molecular weight is 343 g/mol. The Balaban J connectivity index is 1.93. The molecule has 122 valence electrons. The summed E-state index contributed by atoms with van der Waals surface area (Å²) in [5, 5.41) is 13.4. The molecule has 2 aromatic heterocycles. The minimum Gasteiger partial charge on any atom is -0.481 e. The van der Waals surface area contributed by atoms with Crippen molar-refractivity contribution in [3.05, 3.63) is 35.9 Å². The summed E-state index contributed by atoms with van der Waals surface area (Å²) in [5.41, 5.74) is 1.01. The molecule has 0 aromatic carbocycles. The van der Waals surface area contributed by atoms with Crippen LogP contribution < -0.4 is 4.90 Å². The Morgan fingerprint density at radius 3 is 2.78 bits per heavy atom. The number of rotatable bonds is 3. The molecule has 1 unspecified atom stereocenters. The van der Waals surface area contributed by atoms with Crippen LogP contribution in [0.2, 0.25) is 5.02 Å². The van der Waals surface area contributed by atoms with Gasteiger partial charge in [-0.05, 0) is 12.5 Å². The van der Waals surface area contributed by atoms with Crippen LogP contribution in [-0.2, 0) is 4.79 Å². The number of alkyl halides is 2. The molecule has 1 atom stereocenters. The minimum absolute atomic E-state index is 0.142. The molecule has 0 radical (unpaired) electrons. The van der Waals surface area contributed by atoms with Crippen molar-refractivity contribution < 1.29 is 18.7 Å². The molecule has 1 aliphatic heterocycles. The zero-order chi connectivity index (χ0) is 16.6. The van der Waals surface area contributed by atoms with Crippen LogP contribution in [0.25, 0.3) is 5.69 Å². The number of aromatic nitrogens is 3. The van der Waals surface area contributed by atoms with Crippen LogP contribution >= 0.6 is 11.6 Å². The van der Waals surface area contributed by atoms with Gasteiger partial charge in [-0.1, -0.05) is 11.6 Å². The summed E-state index contributed by atoms with van der Waals surface area (Å²) in [5.74, 6) is -6.46. The molecule has 1 N–H and O–H groups in total. The Morgan fingerprint density at radius 1 is 1.39 bits per heavy atom. The zero-order valence-corrected chi connectivity index (χ0v) is 12.6. The highest BCUT2D eigenvalue weighted by atomic mass is 35.5. The van der Waals surface area contributed by atoms with Crippen LogP contribution in [0, 0.1) is 5.92 Å². The van der Waals surface area contributed by atoms with E-state index in [-0.39, 0.29) is 13.0 Å². The lowest BCUT2D eigenvalue weighted by molar-refractivity contribution is -0.158. The van der Waals surface area contributed by atoms with Crippen LogP contribution in [0.1, 0.15) is 6.42 Å². The normalized spacial score (nSPS) is 20.5. The van der Waals surface area contributed by atoms with Gasteiger partial charge in [-0.2, -0.15) is 5.10 Å². The van der Waals surface area contributed by atoms with E-state index in [0.717, 1.165) is 0 Å². The Hall–Kier alpha value is -2.22. The first-order valence-corrected chi connectivity index (χ1v) is 7.26. The van der Waals surface area contributed by atoms with Crippen LogP contribution in [0.4, 0.5) is 14.5 Å². The lowest BCUT2D eigenvalue weighted by Crippen LogP contribution is -2.51. The summed E-state index contributed by atoms with van der Waals surface area (Å²) >= 11 is 5.85. The molecule has 0 saturated carbocycles. The van der Waals surface area contributed by atoms with Gasteiger partial charge in [0.25, 0.3) is 5.92 Å². The molecule has 23 heavy (non-hydrogen) atoms. The molecule has 1 saturated heterocycles. The van der Waals surface area contributed by atoms with E-state index in [9.17, 15) is 13.6 Å². The van der Waals surface area contributed by atoms with Crippen molar-refractivity contribution in [2.24, 2.45) is 5.92 Å². The van der Waals surface area contributed by atoms with E-state index in [1.54, 1.807) is 12.3 Å². The largest absolute Gasteiger partial charge is 0.481 e. The number of hydrogen-bond acceptors (Lipinski definition) is 4. The maximum atomic E-state index is 14.1. The lowest BCUT2D eigenvalue weighted by atomic mass is 9.92. The molecule has 3 rings (SSSR count). The highest BCUT2D eigenvalue weighted by Crippen LogP contribution is 2.36. The minimum atomic E-state index is -3.32. The van der Waals surface area contributed by atoms with Gasteiger partial charge >= 0.3 is 5.97 Å². The Kier molecular flexibility index (Phi) is 3.93. The van der Waals surface area contributed by atoms with Crippen LogP contribution in [0.3, 0.4) is 0 Å². The number of piperidine rings is 1. The molecule has 6 nitrogen and oxygen atoms in total.